The molecule has 1 N–H and O–H groups in total. The summed E-state index contributed by atoms with van der Waals surface area (Å²) in [6.07, 6.45) is 1.05. The van der Waals surface area contributed by atoms with Crippen LogP contribution in [0.4, 0.5) is 0 Å². The predicted octanol–water partition coefficient (Wildman–Crippen LogP) is 2.22. The highest BCUT2D eigenvalue weighted by atomic mass is 79.9. The minimum Gasteiger partial charge on any atom is -0.396 e. The van der Waals surface area contributed by atoms with Gasteiger partial charge in [-0.05, 0) is 31.0 Å². The second-order valence-electron chi connectivity index (χ2n) is 3.86. The average molecular weight is 300 g/mol. The van der Waals surface area contributed by atoms with Crippen LogP contribution in [-0.2, 0) is 11.2 Å². The monoisotopic (exact) mass is 299 g/mol. The molecule has 4 heteroatoms. The SMILES string of the molecule is CCN(CCCO)C(=O)Cc1cccc(Br)c1. The third-order valence-corrected chi connectivity index (χ3v) is 3.06. The third kappa shape index (κ3) is 4.88. The molecule has 0 spiro atoms. The van der Waals surface area contributed by atoms with Crippen LogP contribution in [0, 0.1) is 0 Å². The average Bonchev–Trinajstić information content (AvgIpc) is 2.30. The van der Waals surface area contributed by atoms with Crippen LogP contribution in [0.15, 0.2) is 28.7 Å². The molecule has 94 valence electrons. The number of carbonyl (C=O) groups is 1. The zero-order valence-electron chi connectivity index (χ0n) is 10.0. The van der Waals surface area contributed by atoms with Gasteiger partial charge in [-0.25, -0.2) is 0 Å². The molecule has 17 heavy (non-hydrogen) atoms. The summed E-state index contributed by atoms with van der Waals surface area (Å²) >= 11 is 3.39. The molecule has 0 atom stereocenters. The molecule has 0 unspecified atom stereocenters. The van der Waals surface area contributed by atoms with Gasteiger partial charge in [0.25, 0.3) is 0 Å². The molecule has 0 radical (unpaired) electrons. The van der Waals surface area contributed by atoms with Gasteiger partial charge >= 0.3 is 0 Å². The number of hydrogen-bond donors (Lipinski definition) is 1. The first-order chi connectivity index (χ1) is 8.17. The van der Waals surface area contributed by atoms with Gasteiger partial charge in [0.05, 0.1) is 6.42 Å². The second kappa shape index (κ2) is 7.45. The predicted molar refractivity (Wildman–Crippen MR) is 71.8 cm³/mol. The van der Waals surface area contributed by atoms with E-state index < -0.39 is 0 Å². The van der Waals surface area contributed by atoms with Gasteiger partial charge in [-0.1, -0.05) is 28.1 Å². The Kier molecular flexibility index (Phi) is 6.22. The van der Waals surface area contributed by atoms with Gasteiger partial charge in [0.2, 0.25) is 5.91 Å². The van der Waals surface area contributed by atoms with Crippen LogP contribution in [0.2, 0.25) is 0 Å². The highest BCUT2D eigenvalue weighted by molar-refractivity contribution is 9.10. The fraction of sp³-hybridized carbons (Fsp3) is 0.462. The van der Waals surface area contributed by atoms with E-state index in [2.05, 4.69) is 15.9 Å². The Morgan fingerprint density at radius 1 is 1.47 bits per heavy atom. The lowest BCUT2D eigenvalue weighted by Gasteiger charge is -2.20. The molecule has 0 saturated heterocycles. The van der Waals surface area contributed by atoms with E-state index in [1.807, 2.05) is 31.2 Å². The van der Waals surface area contributed by atoms with Crippen LogP contribution in [-0.4, -0.2) is 35.6 Å². The minimum absolute atomic E-state index is 0.110. The normalized spacial score (nSPS) is 10.3. The van der Waals surface area contributed by atoms with Gasteiger partial charge in [-0.3, -0.25) is 4.79 Å². The van der Waals surface area contributed by atoms with E-state index in [-0.39, 0.29) is 12.5 Å². The number of likely N-dealkylation sites (N-methyl/N-ethyl adjacent to an activating group) is 1. The Morgan fingerprint density at radius 2 is 2.24 bits per heavy atom. The standard InChI is InChI=1S/C13H18BrNO2/c1-2-15(7-4-8-16)13(17)10-11-5-3-6-12(14)9-11/h3,5-6,9,16H,2,4,7-8,10H2,1H3. The lowest BCUT2D eigenvalue weighted by molar-refractivity contribution is -0.130. The maximum absolute atomic E-state index is 12.0. The molecule has 1 aromatic carbocycles. The first kappa shape index (κ1) is 14.2. The van der Waals surface area contributed by atoms with Crippen LogP contribution in [0.1, 0.15) is 18.9 Å². The number of carbonyl (C=O) groups excluding carboxylic acids is 1. The largest absolute Gasteiger partial charge is 0.396 e. The Labute approximate surface area is 111 Å². The van der Waals surface area contributed by atoms with Crippen LogP contribution >= 0.6 is 15.9 Å². The van der Waals surface area contributed by atoms with Crippen molar-refractivity contribution < 1.29 is 9.90 Å². The van der Waals surface area contributed by atoms with Crippen molar-refractivity contribution in [3.63, 3.8) is 0 Å². The molecule has 3 nitrogen and oxygen atoms in total. The van der Waals surface area contributed by atoms with E-state index in [4.69, 9.17) is 5.11 Å². The van der Waals surface area contributed by atoms with Crippen LogP contribution in [0.5, 0.6) is 0 Å². The van der Waals surface area contributed by atoms with Crippen molar-refractivity contribution in [2.75, 3.05) is 19.7 Å². The van der Waals surface area contributed by atoms with Gasteiger partial charge in [-0.2, -0.15) is 0 Å². The van der Waals surface area contributed by atoms with E-state index in [1.54, 1.807) is 4.90 Å². The van der Waals surface area contributed by atoms with E-state index in [0.717, 1.165) is 10.0 Å². The van der Waals surface area contributed by atoms with E-state index in [9.17, 15) is 4.79 Å². The number of halogens is 1. The summed E-state index contributed by atoms with van der Waals surface area (Å²) in [7, 11) is 0. The molecule has 0 aliphatic heterocycles. The smallest absolute Gasteiger partial charge is 0.226 e. The summed E-state index contributed by atoms with van der Waals surface area (Å²) in [5, 5.41) is 8.77. The first-order valence-electron chi connectivity index (χ1n) is 5.80. The number of aliphatic hydroxyl groups is 1. The topological polar surface area (TPSA) is 40.5 Å². The summed E-state index contributed by atoms with van der Waals surface area (Å²) < 4.78 is 0.987. The zero-order chi connectivity index (χ0) is 12.7. The lowest BCUT2D eigenvalue weighted by Crippen LogP contribution is -2.33. The minimum atomic E-state index is 0.110. The van der Waals surface area contributed by atoms with Crippen LogP contribution in [0.25, 0.3) is 0 Å². The number of aliphatic hydroxyl groups excluding tert-OH is 1. The van der Waals surface area contributed by atoms with Gasteiger partial charge in [0.15, 0.2) is 0 Å². The molecule has 0 fully saturated rings. The quantitative estimate of drug-likeness (QED) is 0.875. The molecule has 0 aliphatic rings. The fourth-order valence-electron chi connectivity index (χ4n) is 1.65. The highest BCUT2D eigenvalue weighted by Crippen LogP contribution is 2.12. The number of hydrogen-bond acceptors (Lipinski definition) is 2. The number of benzene rings is 1. The van der Waals surface area contributed by atoms with Gasteiger partial charge in [0.1, 0.15) is 0 Å². The number of nitrogens with zero attached hydrogens (tertiary/aromatic N) is 1. The molecular formula is C13H18BrNO2. The molecule has 1 aromatic rings. The van der Waals surface area contributed by atoms with Gasteiger partial charge in [-0.15, -0.1) is 0 Å². The molecule has 0 saturated carbocycles. The number of amides is 1. The van der Waals surface area contributed by atoms with Gasteiger partial charge < -0.3 is 10.0 Å². The van der Waals surface area contributed by atoms with Crippen molar-refractivity contribution in [2.45, 2.75) is 19.8 Å². The summed E-state index contributed by atoms with van der Waals surface area (Å²) in [5.41, 5.74) is 1.01. The molecule has 1 amide bonds. The molecular weight excluding hydrogens is 282 g/mol. The maximum atomic E-state index is 12.0. The van der Waals surface area contributed by atoms with Crippen molar-refractivity contribution in [3.05, 3.63) is 34.3 Å². The molecule has 0 aliphatic carbocycles. The Bertz CT molecular complexity index is 368. The fourth-order valence-corrected chi connectivity index (χ4v) is 2.10. The maximum Gasteiger partial charge on any atom is 0.226 e. The first-order valence-corrected chi connectivity index (χ1v) is 6.59. The molecule has 1 rings (SSSR count). The van der Waals surface area contributed by atoms with Crippen molar-refractivity contribution in [3.8, 4) is 0 Å². The summed E-state index contributed by atoms with van der Waals surface area (Å²) in [6.45, 7) is 3.39. The Hall–Kier alpha value is -0.870. The highest BCUT2D eigenvalue weighted by Gasteiger charge is 2.11. The summed E-state index contributed by atoms with van der Waals surface area (Å²) in [5.74, 6) is 0.110. The van der Waals surface area contributed by atoms with Crippen molar-refractivity contribution in [2.24, 2.45) is 0 Å². The molecule has 0 bridgehead atoms. The zero-order valence-corrected chi connectivity index (χ0v) is 11.6. The van der Waals surface area contributed by atoms with E-state index >= 15 is 0 Å². The van der Waals surface area contributed by atoms with Crippen LogP contribution < -0.4 is 0 Å². The van der Waals surface area contributed by atoms with Crippen molar-refractivity contribution >= 4 is 21.8 Å². The molecule has 0 heterocycles. The Morgan fingerprint density at radius 3 is 2.82 bits per heavy atom. The summed E-state index contributed by atoms with van der Waals surface area (Å²) in [6, 6.07) is 7.77. The lowest BCUT2D eigenvalue weighted by atomic mass is 10.1. The second-order valence-corrected chi connectivity index (χ2v) is 4.77. The van der Waals surface area contributed by atoms with Crippen molar-refractivity contribution in [1.82, 2.24) is 4.90 Å². The van der Waals surface area contributed by atoms with E-state index in [0.29, 0.717) is 25.9 Å². The molecule has 0 aromatic heterocycles. The Balaban J connectivity index is 2.57. The van der Waals surface area contributed by atoms with Crippen molar-refractivity contribution in [1.29, 1.82) is 0 Å². The summed E-state index contributed by atoms with van der Waals surface area (Å²) in [4.78, 5) is 13.8. The third-order valence-electron chi connectivity index (χ3n) is 2.56. The van der Waals surface area contributed by atoms with Crippen LogP contribution in [0.3, 0.4) is 0 Å². The van der Waals surface area contributed by atoms with E-state index in [1.165, 1.54) is 0 Å². The van der Waals surface area contributed by atoms with Gasteiger partial charge in [0, 0.05) is 24.2 Å². The number of rotatable bonds is 6.